The summed E-state index contributed by atoms with van der Waals surface area (Å²) in [6.45, 7) is 3.39. The maximum Gasteiger partial charge on any atom is 0.264 e. The number of hydrogen-bond acceptors (Lipinski definition) is 7. The molecule has 0 aliphatic carbocycles. The quantitative estimate of drug-likeness (QED) is 0.450. The zero-order chi connectivity index (χ0) is 15.1. The van der Waals surface area contributed by atoms with E-state index in [1.165, 1.54) is 18.1 Å². The molecule has 0 radical (unpaired) electrons. The van der Waals surface area contributed by atoms with Crippen LogP contribution in [0.25, 0.3) is 0 Å². The van der Waals surface area contributed by atoms with Gasteiger partial charge in [-0.2, -0.15) is 0 Å². The SMILES string of the molecule is CNC(=O)C(CN1CCOCC1)(OC)Sc1ccncn1. The smallest absolute Gasteiger partial charge is 0.264 e. The molecule has 1 fully saturated rings. The lowest BCUT2D eigenvalue weighted by molar-refractivity contribution is -0.135. The van der Waals surface area contributed by atoms with E-state index in [2.05, 4.69) is 20.2 Å². The summed E-state index contributed by atoms with van der Waals surface area (Å²) in [6, 6.07) is 1.76. The Morgan fingerprint density at radius 3 is 2.90 bits per heavy atom. The Morgan fingerprint density at radius 1 is 1.57 bits per heavy atom. The summed E-state index contributed by atoms with van der Waals surface area (Å²) >= 11 is 1.29. The molecule has 2 rings (SSSR count). The van der Waals surface area contributed by atoms with Crippen LogP contribution < -0.4 is 5.32 Å². The first kappa shape index (κ1) is 16.2. The van der Waals surface area contributed by atoms with Gasteiger partial charge >= 0.3 is 0 Å². The number of nitrogens with zero attached hydrogens (tertiary/aromatic N) is 3. The number of likely N-dealkylation sites (N-methyl/N-ethyl adjacent to an activating group) is 1. The molecule has 1 N–H and O–H groups in total. The van der Waals surface area contributed by atoms with Crippen LogP contribution in [-0.4, -0.2) is 72.7 Å². The second-order valence-electron chi connectivity index (χ2n) is 4.57. The molecule has 1 atom stereocenters. The molecular formula is C13H20N4O3S. The summed E-state index contributed by atoms with van der Waals surface area (Å²) in [5.74, 6) is -0.180. The number of thioether (sulfide) groups is 1. The van der Waals surface area contributed by atoms with Crippen LogP contribution in [0.2, 0.25) is 0 Å². The second-order valence-corrected chi connectivity index (χ2v) is 5.86. The number of methoxy groups -OCH3 is 1. The van der Waals surface area contributed by atoms with E-state index in [-0.39, 0.29) is 5.91 Å². The standard InChI is InChI=1S/C13H20N4O3S/c1-14-12(18)13(19-2,9-17-5-7-20-8-6-17)21-11-3-4-15-10-16-11/h3-4,10H,5-9H2,1-2H3,(H,14,18). The summed E-state index contributed by atoms with van der Waals surface area (Å²) in [4.78, 5) is 21.6. The first-order valence-electron chi connectivity index (χ1n) is 6.72. The first-order chi connectivity index (χ1) is 10.2. The number of hydrogen-bond donors (Lipinski definition) is 1. The minimum absolute atomic E-state index is 0.180. The molecular weight excluding hydrogens is 292 g/mol. The molecule has 1 aliphatic heterocycles. The predicted octanol–water partition coefficient (Wildman–Crippen LogP) is -0.0104. The molecule has 1 aromatic rings. The maximum absolute atomic E-state index is 12.4. The summed E-state index contributed by atoms with van der Waals surface area (Å²) in [7, 11) is 3.15. The van der Waals surface area contributed by atoms with Crippen molar-refractivity contribution >= 4 is 17.7 Å². The lowest BCUT2D eigenvalue weighted by atomic mass is 10.2. The predicted molar refractivity (Wildman–Crippen MR) is 79.0 cm³/mol. The molecule has 1 amide bonds. The number of aromatic nitrogens is 2. The highest BCUT2D eigenvalue weighted by Gasteiger charge is 2.41. The van der Waals surface area contributed by atoms with Gasteiger partial charge in [0, 0.05) is 40.0 Å². The summed E-state index contributed by atoms with van der Waals surface area (Å²) in [6.07, 6.45) is 3.11. The summed E-state index contributed by atoms with van der Waals surface area (Å²) in [5.41, 5.74) is 0. The second kappa shape index (κ2) is 7.69. The lowest BCUT2D eigenvalue weighted by Crippen LogP contribution is -2.54. The van der Waals surface area contributed by atoms with Crippen molar-refractivity contribution in [1.82, 2.24) is 20.2 Å². The van der Waals surface area contributed by atoms with Crippen LogP contribution in [0.1, 0.15) is 0 Å². The number of nitrogens with one attached hydrogen (secondary N) is 1. The van der Waals surface area contributed by atoms with E-state index >= 15 is 0 Å². The molecule has 0 saturated carbocycles. The lowest BCUT2D eigenvalue weighted by Gasteiger charge is -2.36. The highest BCUT2D eigenvalue weighted by molar-refractivity contribution is 8.01. The number of amides is 1. The monoisotopic (exact) mass is 312 g/mol. The Morgan fingerprint density at radius 2 is 2.33 bits per heavy atom. The van der Waals surface area contributed by atoms with Gasteiger partial charge in [-0.25, -0.2) is 9.97 Å². The summed E-state index contributed by atoms with van der Waals surface area (Å²) in [5, 5.41) is 3.38. The molecule has 2 heterocycles. The van der Waals surface area contributed by atoms with Crippen molar-refractivity contribution in [2.75, 3.05) is 47.0 Å². The molecule has 7 nitrogen and oxygen atoms in total. The molecule has 1 saturated heterocycles. The Labute approximate surface area is 128 Å². The fourth-order valence-electron chi connectivity index (χ4n) is 2.10. The minimum atomic E-state index is -1.04. The molecule has 0 bridgehead atoms. The van der Waals surface area contributed by atoms with Crippen molar-refractivity contribution in [2.24, 2.45) is 0 Å². The number of morpholine rings is 1. The van der Waals surface area contributed by atoms with E-state index in [9.17, 15) is 4.79 Å². The molecule has 1 aromatic heterocycles. The zero-order valence-corrected chi connectivity index (χ0v) is 13.1. The van der Waals surface area contributed by atoms with Crippen molar-refractivity contribution in [3.8, 4) is 0 Å². The number of ether oxygens (including phenoxy) is 2. The van der Waals surface area contributed by atoms with Crippen molar-refractivity contribution in [1.29, 1.82) is 0 Å². The van der Waals surface area contributed by atoms with Gasteiger partial charge in [-0.1, -0.05) is 11.8 Å². The van der Waals surface area contributed by atoms with Crippen LogP contribution in [-0.2, 0) is 14.3 Å². The van der Waals surface area contributed by atoms with E-state index in [0.717, 1.165) is 13.1 Å². The van der Waals surface area contributed by atoms with Gasteiger partial charge in [-0.05, 0) is 6.07 Å². The van der Waals surface area contributed by atoms with E-state index in [0.29, 0.717) is 24.8 Å². The summed E-state index contributed by atoms with van der Waals surface area (Å²) < 4.78 is 10.9. The maximum atomic E-state index is 12.4. The van der Waals surface area contributed by atoms with Crippen molar-refractivity contribution < 1.29 is 14.3 Å². The molecule has 1 aliphatic rings. The largest absolute Gasteiger partial charge is 0.379 e. The third kappa shape index (κ3) is 4.13. The van der Waals surface area contributed by atoms with Gasteiger partial charge in [-0.3, -0.25) is 9.69 Å². The Hall–Kier alpha value is -1.22. The van der Waals surface area contributed by atoms with E-state index in [4.69, 9.17) is 9.47 Å². The molecule has 0 aromatic carbocycles. The molecule has 1 unspecified atom stereocenters. The Bertz CT molecular complexity index is 456. The zero-order valence-electron chi connectivity index (χ0n) is 12.2. The van der Waals surface area contributed by atoms with Gasteiger partial charge in [0.1, 0.15) is 11.4 Å². The van der Waals surface area contributed by atoms with Crippen molar-refractivity contribution in [3.05, 3.63) is 18.6 Å². The third-order valence-corrected chi connectivity index (χ3v) is 4.52. The van der Waals surface area contributed by atoms with E-state index in [1.807, 2.05) is 0 Å². The van der Waals surface area contributed by atoms with Crippen LogP contribution in [0.5, 0.6) is 0 Å². The molecule has 8 heteroatoms. The van der Waals surface area contributed by atoms with Crippen LogP contribution >= 0.6 is 11.8 Å². The molecule has 116 valence electrons. The molecule has 21 heavy (non-hydrogen) atoms. The number of rotatable bonds is 6. The van der Waals surface area contributed by atoms with Gasteiger partial charge in [0.25, 0.3) is 5.91 Å². The van der Waals surface area contributed by atoms with Crippen molar-refractivity contribution in [3.63, 3.8) is 0 Å². The van der Waals surface area contributed by atoms with E-state index in [1.54, 1.807) is 26.4 Å². The van der Waals surface area contributed by atoms with Crippen LogP contribution in [0.15, 0.2) is 23.6 Å². The average Bonchev–Trinajstić information content (AvgIpc) is 2.55. The number of carbonyl (C=O) groups excluding carboxylic acids is 1. The highest BCUT2D eigenvalue weighted by atomic mass is 32.2. The number of carbonyl (C=O) groups is 1. The van der Waals surface area contributed by atoms with E-state index < -0.39 is 4.93 Å². The third-order valence-electron chi connectivity index (χ3n) is 3.26. The Kier molecular flexibility index (Phi) is 5.92. The first-order valence-corrected chi connectivity index (χ1v) is 7.54. The van der Waals surface area contributed by atoms with Crippen LogP contribution in [0, 0.1) is 0 Å². The highest BCUT2D eigenvalue weighted by Crippen LogP contribution is 2.33. The van der Waals surface area contributed by atoms with Crippen LogP contribution in [0.4, 0.5) is 0 Å². The topological polar surface area (TPSA) is 76.6 Å². The van der Waals surface area contributed by atoms with Gasteiger partial charge in [0.2, 0.25) is 4.93 Å². The average molecular weight is 312 g/mol. The fourth-order valence-corrected chi connectivity index (χ4v) is 3.19. The molecule has 0 spiro atoms. The van der Waals surface area contributed by atoms with Gasteiger partial charge in [0.05, 0.1) is 13.2 Å². The minimum Gasteiger partial charge on any atom is -0.379 e. The van der Waals surface area contributed by atoms with Gasteiger partial charge in [0.15, 0.2) is 0 Å². The fraction of sp³-hybridized carbons (Fsp3) is 0.615. The Balaban J connectivity index is 2.17. The van der Waals surface area contributed by atoms with Gasteiger partial charge < -0.3 is 14.8 Å². The van der Waals surface area contributed by atoms with Crippen molar-refractivity contribution in [2.45, 2.75) is 9.96 Å². The van der Waals surface area contributed by atoms with Gasteiger partial charge in [-0.15, -0.1) is 0 Å². The van der Waals surface area contributed by atoms with Crippen LogP contribution in [0.3, 0.4) is 0 Å². The normalized spacial score (nSPS) is 19.0.